The number of aliphatic hydroxyl groups excluding tert-OH is 10. The van der Waals surface area contributed by atoms with Gasteiger partial charge in [-0.25, -0.2) is 0 Å². The molecule has 0 aliphatic rings. The van der Waals surface area contributed by atoms with E-state index >= 15 is 0 Å². The summed E-state index contributed by atoms with van der Waals surface area (Å²) in [7, 11) is 0. The average molecular weight is 539 g/mol. The molecule has 0 fully saturated rings. The fourth-order valence-electron chi connectivity index (χ4n) is 4.63. The lowest BCUT2D eigenvalue weighted by molar-refractivity contribution is -0.0131. The third kappa shape index (κ3) is 20.9. The Morgan fingerprint density at radius 1 is 0.432 bits per heavy atom. The highest BCUT2D eigenvalue weighted by Gasteiger charge is 2.24. The molecule has 0 saturated heterocycles. The van der Waals surface area contributed by atoms with E-state index in [9.17, 15) is 51.1 Å². The molecule has 37 heavy (non-hydrogen) atoms. The first-order valence-electron chi connectivity index (χ1n) is 13.8. The summed E-state index contributed by atoms with van der Waals surface area (Å²) >= 11 is 0. The van der Waals surface area contributed by atoms with Gasteiger partial charge in [0, 0.05) is 0 Å². The third-order valence-electron chi connectivity index (χ3n) is 6.48. The minimum Gasteiger partial charge on any atom is -0.393 e. The zero-order chi connectivity index (χ0) is 28.4. The van der Waals surface area contributed by atoms with E-state index in [0.717, 1.165) is 19.3 Å². The van der Waals surface area contributed by atoms with Gasteiger partial charge < -0.3 is 51.1 Å². The van der Waals surface area contributed by atoms with Gasteiger partial charge in [-0.05, 0) is 70.6 Å². The summed E-state index contributed by atoms with van der Waals surface area (Å²) in [5, 5.41) is 100. The van der Waals surface area contributed by atoms with Crippen molar-refractivity contribution in [3.8, 4) is 0 Å². The Kier molecular flexibility index (Phi) is 20.8. The summed E-state index contributed by atoms with van der Waals surface area (Å²) in [5.41, 5.74) is 0. The van der Waals surface area contributed by atoms with Gasteiger partial charge in [-0.1, -0.05) is 32.3 Å². The SMILES string of the molecule is C=CCC(O)CC(O)CC(O)CC(O)CC(O)CC(O)CC(O)CC(O)CC(O)CC(O)CCCCC. The lowest BCUT2D eigenvalue weighted by Gasteiger charge is -2.24. The van der Waals surface area contributed by atoms with Gasteiger partial charge in [-0.2, -0.15) is 0 Å². The van der Waals surface area contributed by atoms with Gasteiger partial charge in [0.1, 0.15) is 0 Å². The van der Waals surface area contributed by atoms with E-state index in [0.29, 0.717) is 12.8 Å². The van der Waals surface area contributed by atoms with Crippen molar-refractivity contribution >= 4 is 0 Å². The molecule has 10 N–H and O–H groups in total. The van der Waals surface area contributed by atoms with Crippen LogP contribution in [0.1, 0.15) is 96.8 Å². The first kappa shape index (κ1) is 36.3. The Morgan fingerprint density at radius 2 is 0.703 bits per heavy atom. The Hall–Kier alpha value is -0.660. The molecule has 0 aliphatic heterocycles. The molecule has 0 aromatic rings. The monoisotopic (exact) mass is 538 g/mol. The Labute approximate surface area is 221 Å². The molecule has 0 heterocycles. The zero-order valence-electron chi connectivity index (χ0n) is 22.4. The van der Waals surface area contributed by atoms with Crippen LogP contribution in [0.4, 0.5) is 0 Å². The van der Waals surface area contributed by atoms with Gasteiger partial charge in [0.25, 0.3) is 0 Å². The van der Waals surface area contributed by atoms with E-state index in [1.165, 1.54) is 6.08 Å². The highest BCUT2D eigenvalue weighted by molar-refractivity contribution is 4.78. The van der Waals surface area contributed by atoms with E-state index in [2.05, 4.69) is 13.5 Å². The van der Waals surface area contributed by atoms with E-state index in [1.54, 1.807) is 0 Å². The van der Waals surface area contributed by atoms with Crippen LogP contribution in [0.5, 0.6) is 0 Å². The summed E-state index contributed by atoms with van der Waals surface area (Å²) in [6.45, 7) is 5.57. The molecule has 0 bridgehead atoms. The van der Waals surface area contributed by atoms with Crippen molar-refractivity contribution in [2.24, 2.45) is 0 Å². The molecule has 10 heteroatoms. The minimum absolute atomic E-state index is 0.00293. The maximum atomic E-state index is 10.2. The summed E-state index contributed by atoms with van der Waals surface area (Å²) in [6, 6.07) is 0. The topological polar surface area (TPSA) is 202 Å². The molecule has 0 amide bonds. The van der Waals surface area contributed by atoms with Gasteiger partial charge in [-0.3, -0.25) is 0 Å². The van der Waals surface area contributed by atoms with Gasteiger partial charge >= 0.3 is 0 Å². The smallest absolute Gasteiger partial charge is 0.0599 e. The molecule has 0 rings (SSSR count). The van der Waals surface area contributed by atoms with Crippen molar-refractivity contribution in [3.05, 3.63) is 12.7 Å². The zero-order valence-corrected chi connectivity index (χ0v) is 22.4. The largest absolute Gasteiger partial charge is 0.393 e. The summed E-state index contributed by atoms with van der Waals surface area (Å²) < 4.78 is 0. The first-order chi connectivity index (χ1) is 17.4. The normalized spacial score (nSPS) is 20.3. The van der Waals surface area contributed by atoms with Crippen molar-refractivity contribution < 1.29 is 51.1 Å². The van der Waals surface area contributed by atoms with Crippen molar-refractivity contribution in [1.82, 2.24) is 0 Å². The molecule has 0 aromatic carbocycles. The molecule has 0 radical (unpaired) electrons. The second-order valence-corrected chi connectivity index (χ2v) is 10.7. The van der Waals surface area contributed by atoms with Crippen LogP contribution in [0.3, 0.4) is 0 Å². The predicted octanol–water partition coefficient (Wildman–Crippen LogP) is 0.263. The molecule has 10 unspecified atom stereocenters. The molecule has 0 aromatic heterocycles. The van der Waals surface area contributed by atoms with Crippen LogP contribution < -0.4 is 0 Å². The molecule has 0 spiro atoms. The van der Waals surface area contributed by atoms with Crippen LogP contribution in [0.2, 0.25) is 0 Å². The second-order valence-electron chi connectivity index (χ2n) is 10.7. The Bertz CT molecular complexity index is 551. The quantitative estimate of drug-likeness (QED) is 0.0600. The molecule has 10 nitrogen and oxygen atoms in total. The Balaban J connectivity index is 4.21. The average Bonchev–Trinajstić information content (AvgIpc) is 2.72. The summed E-state index contributed by atoms with van der Waals surface area (Å²) in [4.78, 5) is 0. The fourth-order valence-corrected chi connectivity index (χ4v) is 4.63. The molecule has 0 aliphatic carbocycles. The molecular weight excluding hydrogens is 484 g/mol. The highest BCUT2D eigenvalue weighted by Crippen LogP contribution is 2.19. The predicted molar refractivity (Wildman–Crippen MR) is 141 cm³/mol. The molecular formula is C27H54O10. The fraction of sp³-hybridized carbons (Fsp3) is 0.926. The van der Waals surface area contributed by atoms with Gasteiger partial charge in [0.05, 0.1) is 61.0 Å². The molecule has 222 valence electrons. The van der Waals surface area contributed by atoms with Crippen molar-refractivity contribution in [2.45, 2.75) is 158 Å². The van der Waals surface area contributed by atoms with E-state index in [1.807, 2.05) is 0 Å². The number of hydrogen-bond donors (Lipinski definition) is 10. The highest BCUT2D eigenvalue weighted by atomic mass is 16.3. The minimum atomic E-state index is -1.09. The number of unbranched alkanes of at least 4 members (excludes halogenated alkanes) is 2. The van der Waals surface area contributed by atoms with Crippen LogP contribution in [-0.2, 0) is 0 Å². The van der Waals surface area contributed by atoms with Crippen molar-refractivity contribution in [1.29, 1.82) is 0 Å². The van der Waals surface area contributed by atoms with E-state index in [-0.39, 0.29) is 57.8 Å². The number of hydrogen-bond acceptors (Lipinski definition) is 10. The lowest BCUT2D eigenvalue weighted by atomic mass is 9.94. The standard InChI is InChI=1S/C27H54O10/c1-3-5-6-8-19(29)10-21(31)12-23(33)14-25(35)16-27(37)17-26(36)15-24(34)13-22(32)11-20(30)9-18(28)7-4-2/h4,18-37H,2-3,5-17H2,1H3. The van der Waals surface area contributed by atoms with Crippen LogP contribution in [0.25, 0.3) is 0 Å². The molecule has 0 saturated carbocycles. The first-order valence-corrected chi connectivity index (χ1v) is 13.8. The van der Waals surface area contributed by atoms with Gasteiger partial charge in [0.15, 0.2) is 0 Å². The number of aliphatic hydroxyl groups is 10. The van der Waals surface area contributed by atoms with Crippen LogP contribution in [-0.4, -0.2) is 112 Å². The van der Waals surface area contributed by atoms with Crippen LogP contribution >= 0.6 is 0 Å². The summed E-state index contributed by atoms with van der Waals surface area (Å²) in [6.07, 6.45) is -4.59. The van der Waals surface area contributed by atoms with Crippen LogP contribution in [0, 0.1) is 0 Å². The van der Waals surface area contributed by atoms with Crippen molar-refractivity contribution in [3.63, 3.8) is 0 Å². The lowest BCUT2D eigenvalue weighted by Crippen LogP contribution is -2.30. The Morgan fingerprint density at radius 3 is 0.973 bits per heavy atom. The summed E-state index contributed by atoms with van der Waals surface area (Å²) in [5.74, 6) is 0. The maximum absolute atomic E-state index is 10.2. The van der Waals surface area contributed by atoms with E-state index < -0.39 is 61.0 Å². The van der Waals surface area contributed by atoms with Crippen LogP contribution in [0.15, 0.2) is 12.7 Å². The van der Waals surface area contributed by atoms with E-state index in [4.69, 9.17) is 0 Å². The van der Waals surface area contributed by atoms with Gasteiger partial charge in [-0.15, -0.1) is 6.58 Å². The second kappa shape index (κ2) is 21.2. The third-order valence-corrected chi connectivity index (χ3v) is 6.48. The van der Waals surface area contributed by atoms with Gasteiger partial charge in [0.2, 0.25) is 0 Å². The maximum Gasteiger partial charge on any atom is 0.0599 e. The number of rotatable bonds is 24. The van der Waals surface area contributed by atoms with Crippen molar-refractivity contribution in [2.75, 3.05) is 0 Å². The molecule has 10 atom stereocenters.